The molecule has 0 radical (unpaired) electrons. The maximum Gasteiger partial charge on any atom is 0.121 e. The largest absolute Gasteiger partial charge is 0.264 e. The summed E-state index contributed by atoms with van der Waals surface area (Å²) >= 11 is 0. The summed E-state index contributed by atoms with van der Waals surface area (Å²) in [4.78, 5) is 6.01. The molecule has 0 aliphatic heterocycles. The Kier molecular flexibility index (Phi) is 5.42. The Balaban J connectivity index is 1.24. The Morgan fingerprint density at radius 1 is 0.463 bits per heavy atom. The molecule has 192 valence electrons. The van der Waals surface area contributed by atoms with Crippen LogP contribution in [0.25, 0.3) is 71.6 Å². The SMILES string of the molecule is c1cncc(-c2cccc(-n3nc4cc(-c5ccc(-c6cccc7ccccc67)cc5)c5ccccc5c4n3)c2)c1. The molecular formula is C37H24N4. The normalized spacial score (nSPS) is 11.4. The average molecular weight is 525 g/mol. The average Bonchev–Trinajstić information content (AvgIpc) is 3.50. The van der Waals surface area contributed by atoms with Gasteiger partial charge in [0.05, 0.1) is 5.69 Å². The lowest BCUT2D eigenvalue weighted by Crippen LogP contribution is -1.98. The number of pyridine rings is 1. The molecule has 6 aromatic carbocycles. The van der Waals surface area contributed by atoms with Gasteiger partial charge in [-0.15, -0.1) is 10.2 Å². The molecule has 0 saturated heterocycles. The van der Waals surface area contributed by atoms with E-state index in [1.807, 2.05) is 24.4 Å². The van der Waals surface area contributed by atoms with Gasteiger partial charge in [-0.2, -0.15) is 4.80 Å². The first-order valence-electron chi connectivity index (χ1n) is 13.7. The third kappa shape index (κ3) is 4.05. The maximum absolute atomic E-state index is 4.95. The van der Waals surface area contributed by atoms with E-state index >= 15 is 0 Å². The molecule has 0 aliphatic rings. The minimum atomic E-state index is 0.864. The van der Waals surface area contributed by atoms with Gasteiger partial charge in [0.15, 0.2) is 0 Å². The summed E-state index contributed by atoms with van der Waals surface area (Å²) in [7, 11) is 0. The van der Waals surface area contributed by atoms with Crippen LogP contribution in [0.2, 0.25) is 0 Å². The monoisotopic (exact) mass is 524 g/mol. The van der Waals surface area contributed by atoms with Crippen LogP contribution in [-0.2, 0) is 0 Å². The van der Waals surface area contributed by atoms with Gasteiger partial charge in [-0.25, -0.2) is 0 Å². The molecule has 8 rings (SSSR count). The standard InChI is InChI=1S/C37H24N4/c1-2-13-31-25(8-1)9-6-16-32(31)26-17-19-27(20-18-26)35-23-36-37(34-15-4-3-14-33(34)35)40-41(39-36)30-12-5-10-28(22-30)29-11-7-21-38-24-29/h1-24H. The number of hydrogen-bond donors (Lipinski definition) is 0. The second-order valence-electron chi connectivity index (χ2n) is 10.2. The minimum absolute atomic E-state index is 0.864. The molecule has 0 atom stereocenters. The summed E-state index contributed by atoms with van der Waals surface area (Å²) in [5.74, 6) is 0. The molecule has 41 heavy (non-hydrogen) atoms. The van der Waals surface area contributed by atoms with Gasteiger partial charge in [0.2, 0.25) is 0 Å². The molecule has 8 aromatic rings. The number of hydrogen-bond acceptors (Lipinski definition) is 3. The van der Waals surface area contributed by atoms with Crippen LogP contribution in [0.4, 0.5) is 0 Å². The molecule has 4 heteroatoms. The zero-order chi connectivity index (χ0) is 27.2. The highest BCUT2D eigenvalue weighted by Crippen LogP contribution is 2.36. The van der Waals surface area contributed by atoms with Gasteiger partial charge < -0.3 is 0 Å². The Labute approximate surface area is 237 Å². The second-order valence-corrected chi connectivity index (χ2v) is 10.2. The van der Waals surface area contributed by atoms with Crippen molar-refractivity contribution in [3.05, 3.63) is 146 Å². The topological polar surface area (TPSA) is 43.6 Å². The fraction of sp³-hybridized carbons (Fsp3) is 0. The van der Waals surface area contributed by atoms with Crippen LogP contribution in [0, 0.1) is 0 Å². The quantitative estimate of drug-likeness (QED) is 0.231. The molecule has 0 spiro atoms. The molecule has 4 nitrogen and oxygen atoms in total. The summed E-state index contributed by atoms with van der Waals surface area (Å²) < 4.78 is 0. The Hall–Kier alpha value is -5.61. The summed E-state index contributed by atoms with van der Waals surface area (Å²) in [6.07, 6.45) is 3.66. The van der Waals surface area contributed by atoms with Crippen LogP contribution >= 0.6 is 0 Å². The molecular weight excluding hydrogens is 500 g/mol. The highest BCUT2D eigenvalue weighted by Gasteiger charge is 2.14. The van der Waals surface area contributed by atoms with E-state index in [-0.39, 0.29) is 0 Å². The van der Waals surface area contributed by atoms with Crippen LogP contribution < -0.4 is 0 Å². The van der Waals surface area contributed by atoms with E-state index in [1.165, 1.54) is 21.9 Å². The van der Waals surface area contributed by atoms with Crippen LogP contribution in [0.15, 0.2) is 146 Å². The highest BCUT2D eigenvalue weighted by molar-refractivity contribution is 6.11. The van der Waals surface area contributed by atoms with Crippen molar-refractivity contribution >= 4 is 32.6 Å². The van der Waals surface area contributed by atoms with Gasteiger partial charge in [-0.1, -0.05) is 109 Å². The first-order chi connectivity index (χ1) is 20.3. The molecule has 0 saturated carbocycles. The Morgan fingerprint density at radius 2 is 1.17 bits per heavy atom. The molecule has 0 aliphatic carbocycles. The fourth-order valence-electron chi connectivity index (χ4n) is 5.75. The zero-order valence-electron chi connectivity index (χ0n) is 22.1. The van der Waals surface area contributed by atoms with E-state index in [9.17, 15) is 0 Å². The minimum Gasteiger partial charge on any atom is -0.264 e. The maximum atomic E-state index is 4.95. The lowest BCUT2D eigenvalue weighted by atomic mass is 9.94. The van der Waals surface area contributed by atoms with E-state index < -0.39 is 0 Å². The van der Waals surface area contributed by atoms with Crippen molar-refractivity contribution in [2.45, 2.75) is 0 Å². The predicted octanol–water partition coefficient (Wildman–Crippen LogP) is 9.12. The summed E-state index contributed by atoms with van der Waals surface area (Å²) in [5.41, 5.74) is 9.55. The smallest absolute Gasteiger partial charge is 0.121 e. The lowest BCUT2D eigenvalue weighted by Gasteiger charge is -2.10. The molecule has 0 N–H and O–H groups in total. The van der Waals surface area contributed by atoms with Crippen molar-refractivity contribution in [3.63, 3.8) is 0 Å². The number of fused-ring (bicyclic) bond motifs is 4. The van der Waals surface area contributed by atoms with Gasteiger partial charge >= 0.3 is 0 Å². The van der Waals surface area contributed by atoms with Crippen molar-refractivity contribution in [3.8, 4) is 39.1 Å². The van der Waals surface area contributed by atoms with Gasteiger partial charge in [-0.3, -0.25) is 4.98 Å². The fourth-order valence-corrected chi connectivity index (χ4v) is 5.75. The second kappa shape index (κ2) is 9.54. The molecule has 2 aromatic heterocycles. The first kappa shape index (κ1) is 23.3. The third-order valence-corrected chi connectivity index (χ3v) is 7.76. The van der Waals surface area contributed by atoms with Crippen molar-refractivity contribution in [1.82, 2.24) is 20.0 Å². The zero-order valence-corrected chi connectivity index (χ0v) is 22.1. The van der Waals surface area contributed by atoms with Crippen LogP contribution in [-0.4, -0.2) is 20.0 Å². The number of rotatable bonds is 4. The number of nitrogens with zero attached hydrogens (tertiary/aromatic N) is 4. The third-order valence-electron chi connectivity index (χ3n) is 7.76. The van der Waals surface area contributed by atoms with Crippen LogP contribution in [0.5, 0.6) is 0 Å². The summed E-state index contributed by atoms with van der Waals surface area (Å²) in [5, 5.41) is 14.7. The van der Waals surface area contributed by atoms with Crippen molar-refractivity contribution in [2.75, 3.05) is 0 Å². The van der Waals surface area contributed by atoms with Gasteiger partial charge in [0.1, 0.15) is 11.0 Å². The van der Waals surface area contributed by atoms with E-state index in [0.29, 0.717) is 0 Å². The lowest BCUT2D eigenvalue weighted by molar-refractivity contribution is 0.766. The summed E-state index contributed by atoms with van der Waals surface area (Å²) in [6.45, 7) is 0. The van der Waals surface area contributed by atoms with E-state index in [2.05, 4.69) is 120 Å². The van der Waals surface area contributed by atoms with E-state index in [1.54, 1.807) is 11.0 Å². The molecule has 2 heterocycles. The van der Waals surface area contributed by atoms with Gasteiger partial charge in [0.25, 0.3) is 0 Å². The van der Waals surface area contributed by atoms with Crippen molar-refractivity contribution in [1.29, 1.82) is 0 Å². The van der Waals surface area contributed by atoms with Crippen LogP contribution in [0.1, 0.15) is 0 Å². The van der Waals surface area contributed by atoms with Crippen molar-refractivity contribution < 1.29 is 0 Å². The van der Waals surface area contributed by atoms with Gasteiger partial charge in [0, 0.05) is 23.3 Å². The van der Waals surface area contributed by atoms with E-state index in [0.717, 1.165) is 49.7 Å². The summed E-state index contributed by atoms with van der Waals surface area (Å²) in [6, 6.07) is 46.8. The highest BCUT2D eigenvalue weighted by atomic mass is 15.5. The molecule has 0 unspecified atom stereocenters. The molecule has 0 amide bonds. The first-order valence-corrected chi connectivity index (χ1v) is 13.7. The number of benzene rings is 6. The number of aromatic nitrogens is 4. The van der Waals surface area contributed by atoms with Crippen molar-refractivity contribution in [2.24, 2.45) is 0 Å². The molecule has 0 fully saturated rings. The predicted molar refractivity (Wildman–Crippen MR) is 168 cm³/mol. The van der Waals surface area contributed by atoms with E-state index in [4.69, 9.17) is 10.2 Å². The Bertz CT molecular complexity index is 2190. The molecule has 0 bridgehead atoms. The van der Waals surface area contributed by atoms with Crippen LogP contribution in [0.3, 0.4) is 0 Å². The Morgan fingerprint density at radius 3 is 2.00 bits per heavy atom. The van der Waals surface area contributed by atoms with Gasteiger partial charge in [-0.05, 0) is 68.2 Å².